The molecule has 4 aromatic rings. The third-order valence-electron chi connectivity index (χ3n) is 7.18. The Morgan fingerprint density at radius 2 is 1.83 bits per heavy atom. The van der Waals surface area contributed by atoms with Crippen LogP contribution in [0.25, 0.3) is 5.69 Å². The molecular formula is C30H34N8O3S. The van der Waals surface area contributed by atoms with Gasteiger partial charge in [-0.05, 0) is 41.0 Å². The Labute approximate surface area is 249 Å². The summed E-state index contributed by atoms with van der Waals surface area (Å²) in [7, 11) is 1.92. The van der Waals surface area contributed by atoms with Crippen molar-refractivity contribution in [3.8, 4) is 5.69 Å². The van der Waals surface area contributed by atoms with Crippen LogP contribution in [0.1, 0.15) is 48.0 Å². The zero-order valence-electron chi connectivity index (χ0n) is 24.4. The number of likely N-dealkylation sites (N-methyl/N-ethyl adjacent to an activating group) is 1. The van der Waals surface area contributed by atoms with E-state index in [0.717, 1.165) is 11.1 Å². The first-order chi connectivity index (χ1) is 20.0. The van der Waals surface area contributed by atoms with Crippen LogP contribution in [0, 0.1) is 0 Å². The summed E-state index contributed by atoms with van der Waals surface area (Å²) in [5.74, 6) is 0.443. The number of rotatable bonds is 7. The lowest BCUT2D eigenvalue weighted by atomic mass is 9.83. The van der Waals surface area contributed by atoms with Crippen LogP contribution in [-0.2, 0) is 18.5 Å². The molecule has 11 nitrogen and oxygen atoms in total. The molecule has 0 radical (unpaired) electrons. The van der Waals surface area contributed by atoms with Gasteiger partial charge in [0, 0.05) is 38.6 Å². The van der Waals surface area contributed by atoms with Gasteiger partial charge in [0.25, 0.3) is 5.91 Å². The van der Waals surface area contributed by atoms with E-state index in [2.05, 4.69) is 41.1 Å². The van der Waals surface area contributed by atoms with Crippen LogP contribution < -0.4 is 9.80 Å². The lowest BCUT2D eigenvalue weighted by Crippen LogP contribution is -2.33. The number of fused-ring (bicyclic) bond motifs is 1. The lowest BCUT2D eigenvalue weighted by molar-refractivity contribution is 0.0989. The van der Waals surface area contributed by atoms with Crippen LogP contribution in [0.2, 0.25) is 0 Å². The van der Waals surface area contributed by atoms with E-state index in [1.165, 1.54) is 16.7 Å². The summed E-state index contributed by atoms with van der Waals surface area (Å²) in [6, 6.07) is 15.4. The number of carbonyl (C=O) groups is 2. The maximum absolute atomic E-state index is 13.6. The standard InChI is InChI=1S/C30H34N8O3S/c1-30(2,3)25-12-7-6-9-20(25)17-36(29(40)41)18-21-19-38(34-33-21)23-11-8-10-22(15-23)37-14-13-35(4)26-24(27(37)39)16-31-28(32-26)42-5/h6-12,15-16,19H,13-14,17-18H2,1-5H3,(H,40,41). The summed E-state index contributed by atoms with van der Waals surface area (Å²) in [6.45, 7) is 7.73. The van der Waals surface area contributed by atoms with Gasteiger partial charge in [-0.15, -0.1) is 5.10 Å². The minimum atomic E-state index is -1.03. The van der Waals surface area contributed by atoms with Crippen LogP contribution in [-0.4, -0.2) is 73.4 Å². The van der Waals surface area contributed by atoms with Gasteiger partial charge < -0.3 is 14.9 Å². The van der Waals surface area contributed by atoms with Crippen LogP contribution in [0.5, 0.6) is 0 Å². The molecule has 2 aromatic carbocycles. The summed E-state index contributed by atoms with van der Waals surface area (Å²) in [6.07, 6.45) is 4.18. The number of nitrogens with zero attached hydrogens (tertiary/aromatic N) is 8. The number of anilines is 2. The molecule has 2 amide bonds. The van der Waals surface area contributed by atoms with E-state index in [1.807, 2.05) is 66.7 Å². The van der Waals surface area contributed by atoms with E-state index in [4.69, 9.17) is 0 Å². The SMILES string of the molecule is CSc1ncc2c(n1)N(C)CCN(c1cccc(-n3cc(CN(Cc4ccccc4C(C)(C)C)C(=O)O)nn3)c1)C2=O. The van der Waals surface area contributed by atoms with Gasteiger partial charge in [-0.2, -0.15) is 0 Å². The molecular weight excluding hydrogens is 552 g/mol. The van der Waals surface area contributed by atoms with Gasteiger partial charge in [0.05, 0.1) is 18.4 Å². The number of thioether (sulfide) groups is 1. The molecule has 3 heterocycles. The first kappa shape index (κ1) is 29.1. The zero-order valence-corrected chi connectivity index (χ0v) is 25.2. The van der Waals surface area contributed by atoms with E-state index in [9.17, 15) is 14.7 Å². The van der Waals surface area contributed by atoms with Crippen LogP contribution in [0.4, 0.5) is 16.3 Å². The monoisotopic (exact) mass is 586 g/mol. The maximum Gasteiger partial charge on any atom is 0.407 e. The van der Waals surface area contributed by atoms with Gasteiger partial charge >= 0.3 is 6.09 Å². The molecule has 12 heteroatoms. The summed E-state index contributed by atoms with van der Waals surface area (Å²) in [5.41, 5.74) is 4.30. The van der Waals surface area contributed by atoms with Crippen molar-refractivity contribution in [3.05, 3.63) is 83.3 Å². The fraction of sp³-hybridized carbons (Fsp3) is 0.333. The Morgan fingerprint density at radius 3 is 2.57 bits per heavy atom. The van der Waals surface area contributed by atoms with E-state index in [-0.39, 0.29) is 24.4 Å². The zero-order chi connectivity index (χ0) is 30.0. The molecule has 1 aliphatic rings. The van der Waals surface area contributed by atoms with Crippen molar-refractivity contribution in [1.82, 2.24) is 29.9 Å². The highest BCUT2D eigenvalue weighted by Crippen LogP contribution is 2.29. The summed E-state index contributed by atoms with van der Waals surface area (Å²) in [5, 5.41) is 19.1. The number of hydrogen-bond acceptors (Lipinski definition) is 8. The van der Waals surface area contributed by atoms with Crippen LogP contribution in [0.3, 0.4) is 0 Å². The summed E-state index contributed by atoms with van der Waals surface area (Å²) < 4.78 is 1.60. The second kappa shape index (κ2) is 11.8. The van der Waals surface area contributed by atoms with Crippen molar-refractivity contribution in [2.24, 2.45) is 0 Å². The second-order valence-corrected chi connectivity index (χ2v) is 12.0. The molecule has 42 heavy (non-hydrogen) atoms. The molecule has 5 rings (SSSR count). The highest BCUT2D eigenvalue weighted by molar-refractivity contribution is 7.98. The quantitative estimate of drug-likeness (QED) is 0.239. The number of aromatic nitrogens is 5. The van der Waals surface area contributed by atoms with Gasteiger partial charge in [0.15, 0.2) is 5.16 Å². The van der Waals surface area contributed by atoms with Gasteiger partial charge in [0.1, 0.15) is 17.1 Å². The van der Waals surface area contributed by atoms with Crippen molar-refractivity contribution >= 4 is 35.3 Å². The molecule has 0 aliphatic carbocycles. The fourth-order valence-corrected chi connectivity index (χ4v) is 5.37. The average molecular weight is 587 g/mol. The van der Waals surface area contributed by atoms with Gasteiger partial charge in [-0.1, -0.05) is 68.1 Å². The van der Waals surface area contributed by atoms with E-state index >= 15 is 0 Å². The Kier molecular flexibility index (Phi) is 8.17. The predicted molar refractivity (Wildman–Crippen MR) is 163 cm³/mol. The number of amides is 2. The molecule has 0 saturated heterocycles. The molecule has 0 fully saturated rings. The fourth-order valence-electron chi connectivity index (χ4n) is 5.03. The van der Waals surface area contributed by atoms with Crippen molar-refractivity contribution < 1.29 is 14.7 Å². The minimum Gasteiger partial charge on any atom is -0.465 e. The average Bonchev–Trinajstić information content (AvgIpc) is 3.40. The largest absolute Gasteiger partial charge is 0.465 e. The van der Waals surface area contributed by atoms with Crippen LogP contribution in [0.15, 0.2) is 66.1 Å². The number of benzene rings is 2. The third-order valence-corrected chi connectivity index (χ3v) is 7.74. The van der Waals surface area contributed by atoms with Gasteiger partial charge in [-0.25, -0.2) is 19.4 Å². The molecule has 2 aromatic heterocycles. The van der Waals surface area contributed by atoms with Gasteiger partial charge in [0.2, 0.25) is 0 Å². The summed E-state index contributed by atoms with van der Waals surface area (Å²) in [4.78, 5) is 39.7. The summed E-state index contributed by atoms with van der Waals surface area (Å²) >= 11 is 1.43. The predicted octanol–water partition coefficient (Wildman–Crippen LogP) is 4.85. The minimum absolute atomic E-state index is 0.0826. The molecule has 0 bridgehead atoms. The van der Waals surface area contributed by atoms with E-state index in [1.54, 1.807) is 22.0 Å². The van der Waals surface area contributed by atoms with Crippen molar-refractivity contribution in [2.45, 2.75) is 44.4 Å². The highest BCUT2D eigenvalue weighted by atomic mass is 32.2. The second-order valence-electron chi connectivity index (χ2n) is 11.2. The molecule has 1 aliphatic heterocycles. The molecule has 218 valence electrons. The Bertz CT molecular complexity index is 1620. The number of carbonyl (C=O) groups excluding carboxylic acids is 1. The van der Waals surface area contributed by atoms with E-state index in [0.29, 0.717) is 46.7 Å². The third kappa shape index (κ3) is 6.08. The Hall–Kier alpha value is -4.45. The van der Waals surface area contributed by atoms with Crippen molar-refractivity contribution in [2.75, 3.05) is 36.2 Å². The molecule has 1 N–H and O–H groups in total. The molecule has 0 saturated carbocycles. The number of carboxylic acid groups (broad SMARTS) is 1. The topological polar surface area (TPSA) is 121 Å². The van der Waals surface area contributed by atoms with Crippen LogP contribution >= 0.6 is 11.8 Å². The first-order valence-electron chi connectivity index (χ1n) is 13.6. The first-order valence-corrected chi connectivity index (χ1v) is 14.8. The highest BCUT2D eigenvalue weighted by Gasteiger charge is 2.28. The number of hydrogen-bond donors (Lipinski definition) is 1. The normalized spacial score (nSPS) is 13.6. The van der Waals surface area contributed by atoms with Gasteiger partial charge in [-0.3, -0.25) is 9.69 Å². The maximum atomic E-state index is 13.6. The Balaban J connectivity index is 1.37. The Morgan fingerprint density at radius 1 is 1.07 bits per heavy atom. The lowest BCUT2D eigenvalue weighted by Gasteiger charge is -2.26. The van der Waals surface area contributed by atoms with E-state index < -0.39 is 6.09 Å². The molecule has 0 atom stereocenters. The van der Waals surface area contributed by atoms with Crippen molar-refractivity contribution in [1.29, 1.82) is 0 Å². The molecule has 0 unspecified atom stereocenters. The van der Waals surface area contributed by atoms with Crippen molar-refractivity contribution in [3.63, 3.8) is 0 Å². The molecule has 0 spiro atoms. The smallest absolute Gasteiger partial charge is 0.407 e.